The molecule has 0 aliphatic carbocycles. The predicted octanol–water partition coefficient (Wildman–Crippen LogP) is 4.02. The zero-order valence-corrected chi connectivity index (χ0v) is 8.27. The molecule has 0 N–H and O–H groups in total. The fraction of sp³-hybridized carbons (Fsp3) is 0.818. The molecule has 11 heavy (non-hydrogen) atoms. The molecule has 0 spiro atoms. The van der Waals surface area contributed by atoms with Crippen molar-refractivity contribution in [3.63, 3.8) is 0 Å². The van der Waals surface area contributed by atoms with Crippen LogP contribution in [0.1, 0.15) is 46.5 Å². The van der Waals surface area contributed by atoms with Gasteiger partial charge in [0, 0.05) is 0 Å². The molecule has 0 radical (unpaired) electrons. The van der Waals surface area contributed by atoms with Gasteiger partial charge >= 0.3 is 0 Å². The first-order valence-electron chi connectivity index (χ1n) is 4.88. The van der Waals surface area contributed by atoms with Gasteiger partial charge in [-0.3, -0.25) is 0 Å². The minimum absolute atomic E-state index is 0.701. The first kappa shape index (κ1) is 10.7. The number of rotatable bonds is 6. The topological polar surface area (TPSA) is 0 Å². The van der Waals surface area contributed by atoms with Gasteiger partial charge in [0.2, 0.25) is 0 Å². The first-order valence-corrected chi connectivity index (χ1v) is 4.88. The quantitative estimate of drug-likeness (QED) is 0.507. The molecule has 2 unspecified atom stereocenters. The lowest BCUT2D eigenvalue weighted by Crippen LogP contribution is -2.07. The van der Waals surface area contributed by atoms with Crippen LogP contribution in [0.15, 0.2) is 12.7 Å². The van der Waals surface area contributed by atoms with Gasteiger partial charge in [0.1, 0.15) is 0 Å². The fourth-order valence-corrected chi connectivity index (χ4v) is 1.50. The minimum atomic E-state index is 0.701. The van der Waals surface area contributed by atoms with Crippen molar-refractivity contribution in [1.29, 1.82) is 0 Å². The summed E-state index contributed by atoms with van der Waals surface area (Å²) < 4.78 is 0. The zero-order valence-electron chi connectivity index (χ0n) is 8.27. The molecule has 0 aromatic carbocycles. The predicted molar refractivity (Wildman–Crippen MR) is 52.7 cm³/mol. The Hall–Kier alpha value is -0.260. The Balaban J connectivity index is 3.64. The average Bonchev–Trinajstić information content (AvgIpc) is 2.05. The van der Waals surface area contributed by atoms with Crippen molar-refractivity contribution in [3.05, 3.63) is 12.7 Å². The van der Waals surface area contributed by atoms with Crippen molar-refractivity contribution in [1.82, 2.24) is 0 Å². The maximum Gasteiger partial charge on any atom is -0.0236 e. The summed E-state index contributed by atoms with van der Waals surface area (Å²) in [5.74, 6) is 1.57. The van der Waals surface area contributed by atoms with Crippen molar-refractivity contribution < 1.29 is 0 Å². The summed E-state index contributed by atoms with van der Waals surface area (Å²) >= 11 is 0. The highest BCUT2D eigenvalue weighted by molar-refractivity contribution is 4.80. The maximum absolute atomic E-state index is 3.84. The van der Waals surface area contributed by atoms with Gasteiger partial charge in [0.15, 0.2) is 0 Å². The normalized spacial score (nSPS) is 15.9. The molecule has 0 aromatic heterocycles. The second-order valence-corrected chi connectivity index (χ2v) is 3.41. The molecule has 66 valence electrons. The molecular weight excluding hydrogens is 132 g/mol. The molecule has 0 rings (SSSR count). The van der Waals surface area contributed by atoms with Gasteiger partial charge in [-0.1, -0.05) is 46.1 Å². The minimum Gasteiger partial charge on any atom is -0.103 e. The highest BCUT2D eigenvalue weighted by Crippen LogP contribution is 2.22. The lowest BCUT2D eigenvalue weighted by molar-refractivity contribution is 0.369. The van der Waals surface area contributed by atoms with Gasteiger partial charge in [-0.2, -0.15) is 0 Å². The van der Waals surface area contributed by atoms with Gasteiger partial charge in [0.25, 0.3) is 0 Å². The molecule has 0 saturated heterocycles. The van der Waals surface area contributed by atoms with Crippen molar-refractivity contribution >= 4 is 0 Å². The van der Waals surface area contributed by atoms with Crippen molar-refractivity contribution in [2.24, 2.45) is 11.8 Å². The van der Waals surface area contributed by atoms with Crippen molar-refractivity contribution in [2.45, 2.75) is 46.5 Å². The molecule has 0 saturated carbocycles. The molecule has 2 atom stereocenters. The van der Waals surface area contributed by atoms with Gasteiger partial charge in [-0.15, -0.1) is 6.58 Å². The zero-order chi connectivity index (χ0) is 8.69. The summed E-state index contributed by atoms with van der Waals surface area (Å²) in [6, 6.07) is 0. The molecule has 0 heteroatoms. The van der Waals surface area contributed by atoms with Crippen LogP contribution in [0.5, 0.6) is 0 Å². The van der Waals surface area contributed by atoms with E-state index in [4.69, 9.17) is 0 Å². The van der Waals surface area contributed by atoms with E-state index in [1.807, 2.05) is 0 Å². The standard InChI is InChI=1S/C11H22/c1-5-8-9-11(7-3)10(4)6-2/h6,10-11H,2,5,7-9H2,1,3-4H3. The van der Waals surface area contributed by atoms with E-state index < -0.39 is 0 Å². The Kier molecular flexibility index (Phi) is 6.30. The average molecular weight is 154 g/mol. The van der Waals surface area contributed by atoms with Gasteiger partial charge in [-0.05, 0) is 18.3 Å². The van der Waals surface area contributed by atoms with Crippen LogP contribution in [0.3, 0.4) is 0 Å². The van der Waals surface area contributed by atoms with Crippen LogP contribution < -0.4 is 0 Å². The van der Waals surface area contributed by atoms with E-state index in [9.17, 15) is 0 Å². The third kappa shape index (κ3) is 4.23. The SMILES string of the molecule is C=CC(C)C(CC)CCCC. The summed E-state index contributed by atoms with van der Waals surface area (Å²) in [6.45, 7) is 10.6. The summed E-state index contributed by atoms with van der Waals surface area (Å²) in [7, 11) is 0. The number of hydrogen-bond donors (Lipinski definition) is 0. The second kappa shape index (κ2) is 6.45. The van der Waals surface area contributed by atoms with Crippen molar-refractivity contribution in [3.8, 4) is 0 Å². The smallest absolute Gasteiger partial charge is 0.0236 e. The van der Waals surface area contributed by atoms with Gasteiger partial charge in [0.05, 0.1) is 0 Å². The Morgan fingerprint density at radius 2 is 2.00 bits per heavy atom. The van der Waals surface area contributed by atoms with Crippen LogP contribution in [0.4, 0.5) is 0 Å². The Labute approximate surface area is 71.7 Å². The van der Waals surface area contributed by atoms with Crippen LogP contribution in [0.2, 0.25) is 0 Å². The molecule has 0 aliphatic heterocycles. The number of allylic oxidation sites excluding steroid dienone is 1. The van der Waals surface area contributed by atoms with E-state index >= 15 is 0 Å². The van der Waals surface area contributed by atoms with Gasteiger partial charge < -0.3 is 0 Å². The number of hydrogen-bond acceptors (Lipinski definition) is 0. The Morgan fingerprint density at radius 3 is 2.36 bits per heavy atom. The highest BCUT2D eigenvalue weighted by atomic mass is 14.2. The van der Waals surface area contributed by atoms with E-state index in [0.717, 1.165) is 5.92 Å². The lowest BCUT2D eigenvalue weighted by atomic mass is 9.87. The molecule has 0 heterocycles. The van der Waals surface area contributed by atoms with E-state index in [0.29, 0.717) is 5.92 Å². The summed E-state index contributed by atoms with van der Waals surface area (Å²) in [5.41, 5.74) is 0. The van der Waals surface area contributed by atoms with Gasteiger partial charge in [-0.25, -0.2) is 0 Å². The molecule has 0 nitrogen and oxygen atoms in total. The van der Waals surface area contributed by atoms with E-state index in [1.54, 1.807) is 0 Å². The first-order chi connectivity index (χ1) is 5.26. The van der Waals surface area contributed by atoms with Crippen LogP contribution in [-0.4, -0.2) is 0 Å². The van der Waals surface area contributed by atoms with E-state index in [1.165, 1.54) is 25.7 Å². The van der Waals surface area contributed by atoms with E-state index in [2.05, 4.69) is 33.4 Å². The summed E-state index contributed by atoms with van der Waals surface area (Å²) in [5, 5.41) is 0. The van der Waals surface area contributed by atoms with Crippen LogP contribution in [0, 0.1) is 11.8 Å². The Bertz CT molecular complexity index is 94.2. The van der Waals surface area contributed by atoms with E-state index in [-0.39, 0.29) is 0 Å². The molecule has 0 bridgehead atoms. The van der Waals surface area contributed by atoms with Crippen LogP contribution >= 0.6 is 0 Å². The third-order valence-electron chi connectivity index (χ3n) is 2.57. The highest BCUT2D eigenvalue weighted by Gasteiger charge is 2.10. The molecule has 0 aliphatic rings. The molecule has 0 fully saturated rings. The number of unbranched alkanes of at least 4 members (excludes halogenated alkanes) is 1. The monoisotopic (exact) mass is 154 g/mol. The molecular formula is C11H22. The summed E-state index contributed by atoms with van der Waals surface area (Å²) in [6.07, 6.45) is 7.45. The Morgan fingerprint density at radius 1 is 1.36 bits per heavy atom. The van der Waals surface area contributed by atoms with Crippen LogP contribution in [0.25, 0.3) is 0 Å². The third-order valence-corrected chi connectivity index (χ3v) is 2.57. The van der Waals surface area contributed by atoms with Crippen molar-refractivity contribution in [2.75, 3.05) is 0 Å². The lowest BCUT2D eigenvalue weighted by Gasteiger charge is -2.18. The largest absolute Gasteiger partial charge is 0.103 e. The molecule has 0 amide bonds. The second-order valence-electron chi connectivity index (χ2n) is 3.41. The fourth-order valence-electron chi connectivity index (χ4n) is 1.50. The molecule has 0 aromatic rings. The van der Waals surface area contributed by atoms with Crippen LogP contribution in [-0.2, 0) is 0 Å². The maximum atomic E-state index is 3.84. The summed E-state index contributed by atoms with van der Waals surface area (Å²) in [4.78, 5) is 0.